The molecule has 77 heavy (non-hydrogen) atoms. The summed E-state index contributed by atoms with van der Waals surface area (Å²) in [5, 5.41) is 3.01. The zero-order valence-electron chi connectivity index (χ0n) is 50.6. The van der Waals surface area contributed by atoms with E-state index in [0.29, 0.717) is 23.9 Å². The lowest BCUT2D eigenvalue weighted by Crippen LogP contribution is -2.47. The number of quaternary nitrogens is 1. The van der Waals surface area contributed by atoms with Gasteiger partial charge in [-0.3, -0.25) is 14.2 Å². The summed E-state index contributed by atoms with van der Waals surface area (Å²) in [5.74, 6) is -0.628. The van der Waals surface area contributed by atoms with Gasteiger partial charge < -0.3 is 28.5 Å². The number of carbonyl (C=O) groups is 2. The van der Waals surface area contributed by atoms with Gasteiger partial charge in [-0.25, -0.2) is 0 Å². The molecule has 0 aliphatic heterocycles. The molecule has 0 radical (unpaired) electrons. The third kappa shape index (κ3) is 57.4. The van der Waals surface area contributed by atoms with Gasteiger partial charge in [-0.1, -0.05) is 253 Å². The maximum atomic E-state index is 13.5. The van der Waals surface area contributed by atoms with Crippen molar-refractivity contribution in [2.45, 2.75) is 277 Å². The molecule has 0 saturated heterocycles. The summed E-state index contributed by atoms with van der Waals surface area (Å²) < 4.78 is 30.2. The second kappa shape index (κ2) is 56.2. The minimum absolute atomic E-state index is 0.0349. The van der Waals surface area contributed by atoms with E-state index in [9.17, 15) is 19.0 Å². The summed E-state index contributed by atoms with van der Waals surface area (Å²) >= 11 is 0. The Hall–Kier alpha value is -3.07. The Labute approximate surface area is 475 Å². The van der Waals surface area contributed by atoms with Crippen LogP contribution in [0, 0.1) is 0 Å². The largest absolute Gasteiger partial charge is 0.756 e. The quantitative estimate of drug-likeness (QED) is 0.0212. The molecule has 1 N–H and O–H groups in total. The van der Waals surface area contributed by atoms with E-state index >= 15 is 0 Å². The number of allylic oxidation sites excluding steroid dienone is 15. The molecule has 0 aromatic heterocycles. The number of phosphoric ester groups is 1. The van der Waals surface area contributed by atoms with Crippen molar-refractivity contribution >= 4 is 19.7 Å². The fraction of sp³-hybridized carbons (Fsp3) is 0.731. The van der Waals surface area contributed by atoms with Gasteiger partial charge in [-0.2, -0.15) is 0 Å². The average molecular weight is 1100 g/mol. The predicted octanol–water partition coefficient (Wildman–Crippen LogP) is 18.9. The molecule has 0 heterocycles. The normalized spacial score (nSPS) is 14.3. The number of hydrogen-bond donors (Lipinski definition) is 1. The highest BCUT2D eigenvalue weighted by atomic mass is 31.2. The second-order valence-electron chi connectivity index (χ2n) is 22.2. The second-order valence-corrected chi connectivity index (χ2v) is 23.6. The first kappa shape index (κ1) is 73.9. The van der Waals surface area contributed by atoms with Crippen LogP contribution in [0.25, 0.3) is 0 Å². The lowest BCUT2D eigenvalue weighted by molar-refractivity contribution is -0.870. The monoisotopic (exact) mass is 1090 g/mol. The number of likely N-dealkylation sites (N-methyl/N-ethyl adjacent to an activating group) is 1. The number of ether oxygens (including phenoxy) is 1. The summed E-state index contributed by atoms with van der Waals surface area (Å²) in [5.41, 5.74) is 0. The van der Waals surface area contributed by atoms with Crippen molar-refractivity contribution < 1.29 is 37.3 Å². The van der Waals surface area contributed by atoms with Gasteiger partial charge >= 0.3 is 5.97 Å². The van der Waals surface area contributed by atoms with E-state index in [1.54, 1.807) is 0 Å². The fourth-order valence-corrected chi connectivity index (χ4v) is 9.38. The van der Waals surface area contributed by atoms with E-state index in [0.717, 1.165) is 96.3 Å². The topological polar surface area (TPSA) is 114 Å². The van der Waals surface area contributed by atoms with Crippen LogP contribution in [0.15, 0.2) is 97.2 Å². The number of amides is 1. The van der Waals surface area contributed by atoms with Crippen molar-refractivity contribution in [1.29, 1.82) is 0 Å². The number of unbranched alkanes of at least 4 members (excludes halogenated alkanes) is 26. The molecule has 0 aromatic carbocycles. The molecule has 0 fully saturated rings. The van der Waals surface area contributed by atoms with Gasteiger partial charge in [0.25, 0.3) is 7.82 Å². The van der Waals surface area contributed by atoms with Crippen molar-refractivity contribution in [2.24, 2.45) is 0 Å². The molecule has 3 unspecified atom stereocenters. The van der Waals surface area contributed by atoms with Gasteiger partial charge in [0.05, 0.1) is 33.8 Å². The molecular weight excluding hydrogens is 976 g/mol. The summed E-state index contributed by atoms with van der Waals surface area (Å²) in [4.78, 5) is 39.9. The third-order valence-electron chi connectivity index (χ3n) is 13.5. The molecule has 10 heteroatoms. The molecule has 1 amide bonds. The van der Waals surface area contributed by atoms with E-state index in [2.05, 4.69) is 105 Å². The van der Waals surface area contributed by atoms with Crippen molar-refractivity contribution in [3.63, 3.8) is 0 Å². The molecule has 9 nitrogen and oxygen atoms in total. The highest BCUT2D eigenvalue weighted by Gasteiger charge is 2.27. The van der Waals surface area contributed by atoms with Crippen molar-refractivity contribution in [3.05, 3.63) is 97.2 Å². The Morgan fingerprint density at radius 3 is 1.27 bits per heavy atom. The molecule has 0 saturated carbocycles. The Kier molecular flexibility index (Phi) is 54.0. The summed E-state index contributed by atoms with van der Waals surface area (Å²) in [6.07, 6.45) is 75.3. The van der Waals surface area contributed by atoms with E-state index in [4.69, 9.17) is 13.8 Å². The van der Waals surface area contributed by atoms with Crippen LogP contribution in [-0.2, 0) is 27.9 Å². The summed E-state index contributed by atoms with van der Waals surface area (Å²) in [6, 6.07) is -0.919. The van der Waals surface area contributed by atoms with Gasteiger partial charge in [-0.15, -0.1) is 0 Å². The first-order valence-corrected chi connectivity index (χ1v) is 33.0. The average Bonchev–Trinajstić information content (AvgIpc) is 3.39. The van der Waals surface area contributed by atoms with Gasteiger partial charge in [0.15, 0.2) is 0 Å². The van der Waals surface area contributed by atoms with E-state index in [1.807, 2.05) is 39.4 Å². The van der Waals surface area contributed by atoms with Crippen LogP contribution in [0.3, 0.4) is 0 Å². The number of rotatable bonds is 56. The first-order valence-electron chi connectivity index (χ1n) is 31.5. The first-order chi connectivity index (χ1) is 37.4. The van der Waals surface area contributed by atoms with Gasteiger partial charge in [0.2, 0.25) is 5.91 Å². The van der Waals surface area contributed by atoms with Crippen LogP contribution >= 0.6 is 7.82 Å². The maximum absolute atomic E-state index is 13.5. The van der Waals surface area contributed by atoms with Gasteiger partial charge in [0, 0.05) is 12.8 Å². The number of hydrogen-bond acceptors (Lipinski definition) is 7. The molecule has 0 aliphatic carbocycles. The lowest BCUT2D eigenvalue weighted by Gasteiger charge is -2.30. The summed E-state index contributed by atoms with van der Waals surface area (Å²) in [6.45, 7) is 6.68. The Morgan fingerprint density at radius 1 is 0.468 bits per heavy atom. The number of nitrogens with zero attached hydrogens (tertiary/aromatic N) is 1. The van der Waals surface area contributed by atoms with Crippen LogP contribution in [0.5, 0.6) is 0 Å². The van der Waals surface area contributed by atoms with Crippen LogP contribution in [0.1, 0.15) is 265 Å². The zero-order valence-corrected chi connectivity index (χ0v) is 51.5. The molecule has 0 aliphatic rings. The molecule has 3 atom stereocenters. The van der Waals surface area contributed by atoms with Crippen LogP contribution < -0.4 is 10.2 Å². The third-order valence-corrected chi connectivity index (χ3v) is 14.5. The molecule has 0 bridgehead atoms. The van der Waals surface area contributed by atoms with Gasteiger partial charge in [-0.05, 0) is 96.0 Å². The zero-order chi connectivity index (χ0) is 56.4. The van der Waals surface area contributed by atoms with Crippen LogP contribution in [0.2, 0.25) is 0 Å². The van der Waals surface area contributed by atoms with Gasteiger partial charge in [0.1, 0.15) is 19.3 Å². The summed E-state index contributed by atoms with van der Waals surface area (Å²) in [7, 11) is 1.15. The van der Waals surface area contributed by atoms with E-state index in [-0.39, 0.29) is 18.9 Å². The lowest BCUT2D eigenvalue weighted by atomic mass is 10.0. The molecule has 0 rings (SSSR count). The molecule has 0 aromatic rings. The Balaban J connectivity index is 5.23. The standard InChI is InChI=1S/C67H119N2O7P/c1-7-10-13-16-19-22-25-28-29-30-31-32-33-34-35-36-37-38-39-42-44-47-50-53-56-59-66(70)68-64(63-75-77(72,73)74-62-61-69(4,5)6)65(58-55-52-49-46-43-40-26-23-20-17-14-11-8-2)76-67(71)60-57-54-51-48-45-41-27-24-21-18-15-12-9-3/h10,13,19,22,28-29,31-32,34-35,41,45,51,54-55,58,64-65H,7-9,11-12,14-18,20-21,23-27,30,33,36-40,42-44,46-50,52-53,56-57,59-63H2,1-6H3,(H-,68,70,72,73)/b13-10-,22-19-,29-28-,32-31-,35-34-,45-41-,54-51+,58-55-. The van der Waals surface area contributed by atoms with Crippen molar-refractivity contribution in [2.75, 3.05) is 40.9 Å². The minimum Gasteiger partial charge on any atom is -0.756 e. The predicted molar refractivity (Wildman–Crippen MR) is 330 cm³/mol. The highest BCUT2D eigenvalue weighted by Crippen LogP contribution is 2.38. The SMILES string of the molecule is CC/C=C\C/C=C\C/C=C\C/C=C\C/C=C\CCCCCCCCCCCC(=O)NC(COP(=O)([O-])OCC[N+](C)(C)C)C(/C=C\CCCCCCCCCCCCC)OC(=O)CC/C=C/C/C=C\CCCCCCCC. The smallest absolute Gasteiger partial charge is 0.306 e. The number of carbonyl (C=O) groups excluding carboxylic acids is 2. The maximum Gasteiger partial charge on any atom is 0.306 e. The number of nitrogens with one attached hydrogen (secondary N) is 1. The molecule has 0 spiro atoms. The van der Waals surface area contributed by atoms with Crippen molar-refractivity contribution in [3.8, 4) is 0 Å². The minimum atomic E-state index is -4.72. The number of phosphoric acid groups is 1. The Bertz CT molecular complexity index is 1640. The molecule has 444 valence electrons. The highest BCUT2D eigenvalue weighted by molar-refractivity contribution is 7.45. The van der Waals surface area contributed by atoms with E-state index in [1.165, 1.54) is 128 Å². The molecular formula is C67H119N2O7P. The van der Waals surface area contributed by atoms with Crippen LogP contribution in [0.4, 0.5) is 0 Å². The Morgan fingerprint density at radius 2 is 0.844 bits per heavy atom. The number of esters is 1. The van der Waals surface area contributed by atoms with Crippen LogP contribution in [-0.4, -0.2) is 69.4 Å². The fourth-order valence-electron chi connectivity index (χ4n) is 8.66. The van der Waals surface area contributed by atoms with E-state index < -0.39 is 32.5 Å². The van der Waals surface area contributed by atoms with Crippen molar-refractivity contribution in [1.82, 2.24) is 5.32 Å².